The first kappa shape index (κ1) is 16.4. The van der Waals surface area contributed by atoms with E-state index in [1.54, 1.807) is 0 Å². The fourth-order valence-corrected chi connectivity index (χ4v) is 2.87. The van der Waals surface area contributed by atoms with E-state index in [0.717, 1.165) is 6.42 Å². The van der Waals surface area contributed by atoms with Crippen LogP contribution in [0.5, 0.6) is 0 Å². The van der Waals surface area contributed by atoms with Crippen LogP contribution in [0.3, 0.4) is 0 Å². The molecule has 2 rings (SSSR count). The summed E-state index contributed by atoms with van der Waals surface area (Å²) in [6.45, 7) is 4.58. The Bertz CT molecular complexity index is 601. The zero-order valence-corrected chi connectivity index (χ0v) is 13.6. The number of carbonyl (C=O) groups is 1. The first-order valence-corrected chi connectivity index (χ1v) is 8.15. The van der Waals surface area contributed by atoms with Crippen molar-refractivity contribution in [2.24, 2.45) is 0 Å². The molecule has 2 atom stereocenters. The number of H-pyrrole nitrogens is 1. The third kappa shape index (κ3) is 4.49. The Labute approximate surface area is 134 Å². The van der Waals surface area contributed by atoms with Crippen LogP contribution in [-0.4, -0.2) is 32.9 Å². The van der Waals surface area contributed by atoms with Gasteiger partial charge in [-0.3, -0.25) is 4.79 Å². The summed E-state index contributed by atoms with van der Waals surface area (Å²) in [7, 11) is 0. The fraction of sp³-hybridized carbons (Fsp3) is 0.400. The molecule has 7 heteroatoms. The average molecular weight is 319 g/mol. The number of thioether (sulfide) groups is 1. The smallest absolute Gasteiger partial charge is 0.233 e. The number of carbonyl (C=O) groups excluding carboxylic acids is 1. The molecule has 1 aromatic carbocycles. The molecule has 0 fully saturated rings. The van der Waals surface area contributed by atoms with Crippen LogP contribution in [-0.2, 0) is 4.79 Å². The van der Waals surface area contributed by atoms with Gasteiger partial charge in [0.2, 0.25) is 17.0 Å². The van der Waals surface area contributed by atoms with Crippen molar-refractivity contribution < 1.29 is 4.79 Å². The molecule has 1 aromatic heterocycles. The van der Waals surface area contributed by atoms with E-state index in [4.69, 9.17) is 5.73 Å². The third-order valence-corrected chi connectivity index (χ3v) is 4.38. The van der Waals surface area contributed by atoms with Gasteiger partial charge in [0.05, 0.1) is 5.25 Å². The van der Waals surface area contributed by atoms with Crippen LogP contribution in [0.1, 0.15) is 31.7 Å². The van der Waals surface area contributed by atoms with E-state index >= 15 is 0 Å². The van der Waals surface area contributed by atoms with Gasteiger partial charge in [0.25, 0.3) is 0 Å². The number of hydrogen-bond acceptors (Lipinski definition) is 5. The highest BCUT2D eigenvalue weighted by molar-refractivity contribution is 8.00. The minimum Gasteiger partial charge on any atom is -0.368 e. The quantitative estimate of drug-likeness (QED) is 0.680. The number of rotatable bonds is 7. The van der Waals surface area contributed by atoms with Crippen LogP contribution < -0.4 is 11.1 Å². The summed E-state index contributed by atoms with van der Waals surface area (Å²) in [4.78, 5) is 16.2. The highest BCUT2D eigenvalue weighted by Gasteiger charge is 2.18. The average Bonchev–Trinajstić information content (AvgIpc) is 2.93. The lowest BCUT2D eigenvalue weighted by molar-refractivity contribution is -0.120. The maximum absolute atomic E-state index is 12.2. The second kappa shape index (κ2) is 7.84. The summed E-state index contributed by atoms with van der Waals surface area (Å²) in [6, 6.07) is 10.2. The Balaban J connectivity index is 1.85. The minimum absolute atomic E-state index is 0.0252. The van der Waals surface area contributed by atoms with Gasteiger partial charge in [0, 0.05) is 12.5 Å². The van der Waals surface area contributed by atoms with Gasteiger partial charge in [-0.2, -0.15) is 4.98 Å². The van der Waals surface area contributed by atoms with Crippen molar-refractivity contribution in [1.82, 2.24) is 20.5 Å². The summed E-state index contributed by atoms with van der Waals surface area (Å²) in [6.07, 6.45) is 0.975. The van der Waals surface area contributed by atoms with E-state index in [9.17, 15) is 4.79 Å². The Hall–Kier alpha value is -2.02. The molecule has 4 N–H and O–H groups in total. The normalized spacial score (nSPS) is 13.5. The number of aromatic nitrogens is 3. The molecule has 0 saturated carbocycles. The number of anilines is 1. The van der Waals surface area contributed by atoms with Crippen LogP contribution in [0.4, 0.5) is 5.95 Å². The molecule has 0 aliphatic rings. The lowest BCUT2D eigenvalue weighted by Gasteiger charge is -2.17. The molecule has 6 nitrogen and oxygen atoms in total. The van der Waals surface area contributed by atoms with Crippen molar-refractivity contribution in [2.45, 2.75) is 36.6 Å². The summed E-state index contributed by atoms with van der Waals surface area (Å²) < 4.78 is 0. The lowest BCUT2D eigenvalue weighted by Crippen LogP contribution is -2.34. The van der Waals surface area contributed by atoms with Crippen LogP contribution in [0, 0.1) is 0 Å². The molecular weight excluding hydrogens is 298 g/mol. The maximum Gasteiger partial charge on any atom is 0.233 e. The summed E-state index contributed by atoms with van der Waals surface area (Å²) in [5.74, 6) is 0.550. The number of benzene rings is 1. The zero-order valence-electron chi connectivity index (χ0n) is 12.7. The molecule has 0 bridgehead atoms. The highest BCUT2D eigenvalue weighted by Crippen LogP contribution is 2.21. The first-order chi connectivity index (χ1) is 10.6. The Kier molecular flexibility index (Phi) is 5.83. The Morgan fingerprint density at radius 1 is 1.41 bits per heavy atom. The van der Waals surface area contributed by atoms with Gasteiger partial charge in [-0.15, -0.1) is 5.10 Å². The molecule has 0 aliphatic carbocycles. The predicted octanol–water partition coefficient (Wildman–Crippen LogP) is 2.18. The lowest BCUT2D eigenvalue weighted by atomic mass is 9.96. The molecule has 0 unspecified atom stereocenters. The van der Waals surface area contributed by atoms with Gasteiger partial charge in [-0.25, -0.2) is 5.10 Å². The monoisotopic (exact) mass is 319 g/mol. The molecular formula is C15H21N5OS. The van der Waals surface area contributed by atoms with Crippen LogP contribution in [0.15, 0.2) is 35.5 Å². The van der Waals surface area contributed by atoms with Crippen molar-refractivity contribution in [1.29, 1.82) is 0 Å². The maximum atomic E-state index is 12.2. The summed E-state index contributed by atoms with van der Waals surface area (Å²) >= 11 is 1.28. The molecule has 0 aliphatic heterocycles. The van der Waals surface area contributed by atoms with Gasteiger partial charge in [0.15, 0.2) is 0 Å². The molecule has 2 aromatic rings. The van der Waals surface area contributed by atoms with Gasteiger partial charge in [-0.1, -0.05) is 49.0 Å². The molecule has 0 radical (unpaired) electrons. The van der Waals surface area contributed by atoms with Gasteiger partial charge in [0.1, 0.15) is 0 Å². The number of nitrogens with one attached hydrogen (secondary N) is 2. The highest BCUT2D eigenvalue weighted by atomic mass is 32.2. The zero-order chi connectivity index (χ0) is 15.9. The molecule has 22 heavy (non-hydrogen) atoms. The van der Waals surface area contributed by atoms with Gasteiger partial charge >= 0.3 is 0 Å². The van der Waals surface area contributed by atoms with E-state index in [2.05, 4.69) is 39.6 Å². The SMILES string of the molecule is CC[C@@H](CNC(=O)[C@@H](C)Sc1n[nH]c(N)n1)c1ccccc1. The van der Waals surface area contributed by atoms with E-state index < -0.39 is 0 Å². The summed E-state index contributed by atoms with van der Waals surface area (Å²) in [5.41, 5.74) is 6.71. The number of amides is 1. The van der Waals surface area contributed by atoms with E-state index in [-0.39, 0.29) is 17.1 Å². The third-order valence-electron chi connectivity index (χ3n) is 3.42. The van der Waals surface area contributed by atoms with Crippen molar-refractivity contribution in [3.63, 3.8) is 0 Å². The van der Waals surface area contributed by atoms with Crippen molar-refractivity contribution >= 4 is 23.6 Å². The Morgan fingerprint density at radius 3 is 2.73 bits per heavy atom. The van der Waals surface area contributed by atoms with Crippen molar-refractivity contribution in [3.05, 3.63) is 35.9 Å². The number of nitrogens with zero attached hydrogens (tertiary/aromatic N) is 2. The number of aromatic amines is 1. The standard InChI is InChI=1S/C15H21N5OS/c1-3-11(12-7-5-4-6-8-12)9-17-13(21)10(2)22-15-18-14(16)19-20-15/h4-8,10-11H,3,9H2,1-2H3,(H,17,21)(H3,16,18,19,20)/t10-,11+/m1/s1. The molecule has 1 amide bonds. The van der Waals surface area contributed by atoms with Crippen LogP contribution >= 0.6 is 11.8 Å². The van der Waals surface area contributed by atoms with E-state index in [1.165, 1.54) is 17.3 Å². The van der Waals surface area contributed by atoms with E-state index in [1.807, 2.05) is 25.1 Å². The molecule has 0 saturated heterocycles. The topological polar surface area (TPSA) is 96.7 Å². The Morgan fingerprint density at radius 2 is 2.14 bits per heavy atom. The van der Waals surface area contributed by atoms with Gasteiger partial charge < -0.3 is 11.1 Å². The van der Waals surface area contributed by atoms with E-state index in [0.29, 0.717) is 17.6 Å². The van der Waals surface area contributed by atoms with Crippen molar-refractivity contribution in [2.75, 3.05) is 12.3 Å². The largest absolute Gasteiger partial charge is 0.368 e. The molecule has 0 spiro atoms. The number of hydrogen-bond donors (Lipinski definition) is 3. The van der Waals surface area contributed by atoms with Crippen LogP contribution in [0.25, 0.3) is 0 Å². The minimum atomic E-state index is -0.275. The van der Waals surface area contributed by atoms with Crippen LogP contribution in [0.2, 0.25) is 0 Å². The fourth-order valence-electron chi connectivity index (χ4n) is 2.11. The second-order valence-corrected chi connectivity index (χ2v) is 6.33. The summed E-state index contributed by atoms with van der Waals surface area (Å²) in [5, 5.41) is 9.69. The molecule has 1 heterocycles. The van der Waals surface area contributed by atoms with Gasteiger partial charge in [-0.05, 0) is 18.9 Å². The number of nitrogen functional groups attached to an aromatic ring is 1. The first-order valence-electron chi connectivity index (χ1n) is 7.27. The van der Waals surface area contributed by atoms with Crippen molar-refractivity contribution in [3.8, 4) is 0 Å². The number of nitrogens with two attached hydrogens (primary N) is 1. The molecule has 118 valence electrons. The predicted molar refractivity (Wildman–Crippen MR) is 88.6 cm³/mol. The second-order valence-electron chi connectivity index (χ2n) is 5.02.